The highest BCUT2D eigenvalue weighted by Gasteiger charge is 2.04. The quantitative estimate of drug-likeness (QED) is 0.895. The molecular formula is C12H15Cl2NO. The molecule has 1 aromatic rings. The van der Waals surface area contributed by atoms with Gasteiger partial charge >= 0.3 is 0 Å². The Labute approximate surface area is 106 Å². The van der Waals surface area contributed by atoms with Crippen molar-refractivity contribution < 1.29 is 4.74 Å². The Morgan fingerprint density at radius 1 is 1.56 bits per heavy atom. The van der Waals surface area contributed by atoms with Crippen molar-refractivity contribution in [3.05, 3.63) is 39.9 Å². The van der Waals surface area contributed by atoms with Crippen LogP contribution in [-0.2, 0) is 0 Å². The topological polar surface area (TPSA) is 35.2 Å². The van der Waals surface area contributed by atoms with Crippen LogP contribution in [0.5, 0.6) is 5.75 Å². The fourth-order valence-corrected chi connectivity index (χ4v) is 1.41. The Morgan fingerprint density at radius 3 is 2.75 bits per heavy atom. The van der Waals surface area contributed by atoms with Crippen LogP contribution in [0.3, 0.4) is 0 Å². The first-order valence-electron chi connectivity index (χ1n) is 4.98. The fraction of sp³-hybridized carbons (Fsp3) is 0.333. The summed E-state index contributed by atoms with van der Waals surface area (Å²) in [4.78, 5) is 0. The second-order valence-electron chi connectivity index (χ2n) is 3.66. The molecule has 2 nitrogen and oxygen atoms in total. The van der Waals surface area contributed by atoms with Crippen molar-refractivity contribution in [2.45, 2.75) is 19.9 Å². The van der Waals surface area contributed by atoms with Gasteiger partial charge in [0, 0.05) is 11.6 Å². The molecule has 4 heteroatoms. The van der Waals surface area contributed by atoms with Gasteiger partial charge in [-0.15, -0.1) is 0 Å². The Balaban J connectivity index is 2.75. The van der Waals surface area contributed by atoms with Crippen molar-refractivity contribution in [1.29, 1.82) is 0 Å². The van der Waals surface area contributed by atoms with Crippen molar-refractivity contribution >= 4 is 23.2 Å². The zero-order chi connectivity index (χ0) is 12.1. The minimum Gasteiger partial charge on any atom is -0.488 e. The molecule has 0 saturated heterocycles. The molecule has 0 aromatic heterocycles. The number of rotatable bonds is 4. The zero-order valence-corrected chi connectivity index (χ0v) is 10.8. The van der Waals surface area contributed by atoms with E-state index in [9.17, 15) is 0 Å². The summed E-state index contributed by atoms with van der Waals surface area (Å²) in [5, 5.41) is 0.470. The molecule has 1 atom stereocenters. The Hall–Kier alpha value is -0.700. The number of halogens is 2. The molecule has 0 fully saturated rings. The van der Waals surface area contributed by atoms with E-state index in [0.717, 1.165) is 16.9 Å². The lowest BCUT2D eigenvalue weighted by molar-refractivity contribution is 0.356. The molecule has 0 spiro atoms. The van der Waals surface area contributed by atoms with Gasteiger partial charge in [0.2, 0.25) is 0 Å². The number of aryl methyl sites for hydroxylation is 1. The average Bonchev–Trinajstić information content (AvgIpc) is 2.26. The van der Waals surface area contributed by atoms with E-state index in [-0.39, 0.29) is 12.6 Å². The van der Waals surface area contributed by atoms with Crippen molar-refractivity contribution in [2.75, 3.05) is 6.61 Å². The van der Waals surface area contributed by atoms with Crippen LogP contribution >= 0.6 is 23.2 Å². The van der Waals surface area contributed by atoms with Crippen molar-refractivity contribution in [3.8, 4) is 5.75 Å². The van der Waals surface area contributed by atoms with E-state index in [0.29, 0.717) is 5.03 Å². The van der Waals surface area contributed by atoms with Gasteiger partial charge in [0.05, 0.1) is 5.03 Å². The largest absolute Gasteiger partial charge is 0.488 e. The van der Waals surface area contributed by atoms with Gasteiger partial charge in [-0.25, -0.2) is 0 Å². The summed E-state index contributed by atoms with van der Waals surface area (Å²) in [6.07, 6.45) is 0. The molecule has 1 aromatic carbocycles. The van der Waals surface area contributed by atoms with Crippen LogP contribution in [-0.4, -0.2) is 6.61 Å². The van der Waals surface area contributed by atoms with Gasteiger partial charge < -0.3 is 10.5 Å². The van der Waals surface area contributed by atoms with Crippen LogP contribution in [0.1, 0.15) is 24.1 Å². The monoisotopic (exact) mass is 259 g/mol. The van der Waals surface area contributed by atoms with E-state index in [1.807, 2.05) is 32.0 Å². The first-order chi connectivity index (χ1) is 7.54. The Bertz CT molecular complexity index is 389. The van der Waals surface area contributed by atoms with Crippen molar-refractivity contribution in [2.24, 2.45) is 5.73 Å². The summed E-state index contributed by atoms with van der Waals surface area (Å²) >= 11 is 11.2. The lowest BCUT2D eigenvalue weighted by Crippen LogP contribution is -2.06. The van der Waals surface area contributed by atoms with Gasteiger partial charge in [-0.1, -0.05) is 35.3 Å². The van der Waals surface area contributed by atoms with E-state index < -0.39 is 0 Å². The van der Waals surface area contributed by atoms with Crippen LogP contribution in [0, 0.1) is 6.92 Å². The predicted octanol–water partition coefficient (Wildman–Crippen LogP) is 3.71. The zero-order valence-electron chi connectivity index (χ0n) is 9.34. The summed E-state index contributed by atoms with van der Waals surface area (Å²) in [7, 11) is 0. The van der Waals surface area contributed by atoms with Crippen LogP contribution in [0.2, 0.25) is 0 Å². The maximum absolute atomic E-state index is 5.79. The van der Waals surface area contributed by atoms with Crippen LogP contribution in [0.15, 0.2) is 28.8 Å². The van der Waals surface area contributed by atoms with E-state index >= 15 is 0 Å². The average molecular weight is 260 g/mol. The Kier molecular flexibility index (Phi) is 5.13. The van der Waals surface area contributed by atoms with E-state index in [2.05, 4.69) is 0 Å². The van der Waals surface area contributed by atoms with Crippen molar-refractivity contribution in [3.63, 3.8) is 0 Å². The molecule has 0 aliphatic rings. The molecule has 0 amide bonds. The molecule has 0 unspecified atom stereocenters. The van der Waals surface area contributed by atoms with Crippen LogP contribution in [0.25, 0.3) is 0 Å². The highest BCUT2D eigenvalue weighted by atomic mass is 35.5. The first kappa shape index (κ1) is 13.4. The SMILES string of the molecule is Cc1cc([C@@H](C)N)ccc1OC/C(Cl)=C/Cl. The molecule has 0 aliphatic heterocycles. The van der Waals surface area contributed by atoms with E-state index in [1.54, 1.807) is 0 Å². The molecule has 1 rings (SSSR count). The van der Waals surface area contributed by atoms with Crippen molar-refractivity contribution in [1.82, 2.24) is 0 Å². The van der Waals surface area contributed by atoms with E-state index in [4.69, 9.17) is 33.7 Å². The summed E-state index contributed by atoms with van der Waals surface area (Å²) in [5.74, 6) is 0.793. The summed E-state index contributed by atoms with van der Waals surface area (Å²) in [5.41, 5.74) is 9.21. The number of nitrogens with two attached hydrogens (primary N) is 1. The maximum Gasteiger partial charge on any atom is 0.125 e. The molecule has 0 saturated carbocycles. The summed E-state index contributed by atoms with van der Waals surface area (Å²) < 4.78 is 5.50. The van der Waals surface area contributed by atoms with Gasteiger partial charge in [-0.2, -0.15) is 0 Å². The number of hydrogen-bond donors (Lipinski definition) is 1. The molecule has 16 heavy (non-hydrogen) atoms. The van der Waals surface area contributed by atoms with Gasteiger partial charge in [-0.3, -0.25) is 0 Å². The number of ether oxygens (including phenoxy) is 1. The highest BCUT2D eigenvalue weighted by Crippen LogP contribution is 2.22. The molecule has 0 heterocycles. The summed E-state index contributed by atoms with van der Waals surface area (Å²) in [6.45, 7) is 4.20. The van der Waals surface area contributed by atoms with Crippen LogP contribution < -0.4 is 10.5 Å². The third kappa shape index (κ3) is 3.71. The second kappa shape index (κ2) is 6.14. The third-order valence-electron chi connectivity index (χ3n) is 2.21. The smallest absolute Gasteiger partial charge is 0.125 e. The summed E-state index contributed by atoms with van der Waals surface area (Å²) in [6, 6.07) is 5.88. The lowest BCUT2D eigenvalue weighted by Gasteiger charge is -2.11. The Morgan fingerprint density at radius 2 is 2.25 bits per heavy atom. The standard InChI is InChI=1S/C12H15Cl2NO/c1-8-5-10(9(2)15)3-4-12(8)16-7-11(14)6-13/h3-6,9H,7,15H2,1-2H3/b11-6-/t9-/m1/s1. The maximum atomic E-state index is 5.79. The second-order valence-corrected chi connectivity index (χ2v) is 4.36. The van der Waals surface area contributed by atoms with Gasteiger partial charge in [0.25, 0.3) is 0 Å². The van der Waals surface area contributed by atoms with Gasteiger partial charge in [-0.05, 0) is 31.0 Å². The molecular weight excluding hydrogens is 245 g/mol. The fourth-order valence-electron chi connectivity index (χ4n) is 1.30. The van der Waals surface area contributed by atoms with Gasteiger partial charge in [0.1, 0.15) is 12.4 Å². The molecule has 0 radical (unpaired) electrons. The number of benzene rings is 1. The molecule has 0 bridgehead atoms. The van der Waals surface area contributed by atoms with Crippen LogP contribution in [0.4, 0.5) is 0 Å². The normalized spacial score (nSPS) is 13.7. The molecule has 0 aliphatic carbocycles. The third-order valence-corrected chi connectivity index (χ3v) is 2.80. The molecule has 88 valence electrons. The molecule has 2 N–H and O–H groups in total. The highest BCUT2D eigenvalue weighted by molar-refractivity contribution is 6.36. The lowest BCUT2D eigenvalue weighted by atomic mass is 10.1. The predicted molar refractivity (Wildman–Crippen MR) is 69.1 cm³/mol. The minimum absolute atomic E-state index is 0.0269. The minimum atomic E-state index is 0.0269. The van der Waals surface area contributed by atoms with E-state index in [1.165, 1.54) is 5.54 Å². The van der Waals surface area contributed by atoms with Gasteiger partial charge in [0.15, 0.2) is 0 Å². The first-order valence-corrected chi connectivity index (χ1v) is 5.79. The number of hydrogen-bond acceptors (Lipinski definition) is 2.